The van der Waals surface area contributed by atoms with Crippen LogP contribution in [0, 0.1) is 10.1 Å². The summed E-state index contributed by atoms with van der Waals surface area (Å²) in [4.78, 5) is 47.8. The van der Waals surface area contributed by atoms with Gasteiger partial charge in [0.25, 0.3) is 5.69 Å². The predicted octanol–water partition coefficient (Wildman–Crippen LogP) is 0.0781. The first kappa shape index (κ1) is 14.6. The molecule has 1 aliphatic rings. The van der Waals surface area contributed by atoms with Crippen molar-refractivity contribution in [1.82, 2.24) is 9.80 Å². The van der Waals surface area contributed by atoms with E-state index in [1.807, 2.05) is 0 Å². The van der Waals surface area contributed by atoms with Gasteiger partial charge in [-0.05, 0) is 12.1 Å². The quantitative estimate of drug-likeness (QED) is 0.338. The second-order valence-corrected chi connectivity index (χ2v) is 4.68. The molecule has 0 aromatic heterocycles. The number of piperazine rings is 1. The third kappa shape index (κ3) is 3.04. The molecular formula is C13H13N3O5. The second-order valence-electron chi connectivity index (χ2n) is 4.68. The van der Waals surface area contributed by atoms with Crippen LogP contribution in [-0.2, 0) is 9.59 Å². The zero-order chi connectivity index (χ0) is 15.6. The van der Waals surface area contributed by atoms with Gasteiger partial charge >= 0.3 is 11.8 Å². The SMILES string of the molecule is CN1CCN(CC(=O)c2ccc([N+](=O)[O-])cc2)C(=O)C1=O. The molecule has 1 aromatic rings. The largest absolute Gasteiger partial charge is 0.336 e. The molecule has 0 atom stereocenters. The molecule has 1 aliphatic heterocycles. The van der Waals surface area contributed by atoms with E-state index < -0.39 is 16.7 Å². The normalized spacial score (nSPS) is 15.3. The molecule has 0 spiro atoms. The van der Waals surface area contributed by atoms with E-state index in [0.717, 1.165) is 0 Å². The Bertz CT molecular complexity index is 611. The number of amides is 2. The molecule has 1 saturated heterocycles. The van der Waals surface area contributed by atoms with Crippen LogP contribution < -0.4 is 0 Å². The van der Waals surface area contributed by atoms with Gasteiger partial charge < -0.3 is 9.80 Å². The van der Waals surface area contributed by atoms with Crippen molar-refractivity contribution >= 4 is 23.3 Å². The Morgan fingerprint density at radius 2 is 1.81 bits per heavy atom. The van der Waals surface area contributed by atoms with Crippen LogP contribution in [0.1, 0.15) is 10.4 Å². The number of benzene rings is 1. The Kier molecular flexibility index (Phi) is 3.97. The highest BCUT2D eigenvalue weighted by Gasteiger charge is 2.31. The Hall–Kier alpha value is -2.77. The predicted molar refractivity (Wildman–Crippen MR) is 71.6 cm³/mol. The molecule has 21 heavy (non-hydrogen) atoms. The van der Waals surface area contributed by atoms with Gasteiger partial charge in [0.05, 0.1) is 11.5 Å². The van der Waals surface area contributed by atoms with E-state index >= 15 is 0 Å². The van der Waals surface area contributed by atoms with Crippen LogP contribution in [0.15, 0.2) is 24.3 Å². The Balaban J connectivity index is 2.06. The lowest BCUT2D eigenvalue weighted by Crippen LogP contribution is -2.53. The average Bonchev–Trinajstić information content (AvgIpc) is 2.48. The van der Waals surface area contributed by atoms with E-state index in [0.29, 0.717) is 13.1 Å². The van der Waals surface area contributed by atoms with Crippen LogP contribution in [0.25, 0.3) is 0 Å². The second kappa shape index (κ2) is 5.70. The number of Topliss-reactive ketones (excluding diaryl/α,β-unsaturated/α-hetero) is 1. The van der Waals surface area contributed by atoms with Gasteiger partial charge in [0.2, 0.25) is 0 Å². The standard InChI is InChI=1S/C13H13N3O5/c1-14-6-7-15(13(19)12(14)18)8-11(17)9-2-4-10(5-3-9)16(20)21/h2-5H,6-8H2,1H3. The van der Waals surface area contributed by atoms with Gasteiger partial charge in [-0.15, -0.1) is 0 Å². The summed E-state index contributed by atoms with van der Waals surface area (Å²) in [6.45, 7) is 0.453. The lowest BCUT2D eigenvalue weighted by Gasteiger charge is -2.30. The summed E-state index contributed by atoms with van der Waals surface area (Å²) in [5.41, 5.74) is 0.150. The van der Waals surface area contributed by atoms with Gasteiger partial charge in [-0.1, -0.05) is 0 Å². The monoisotopic (exact) mass is 291 g/mol. The minimum atomic E-state index is -0.709. The van der Waals surface area contributed by atoms with Gasteiger partial charge in [0.1, 0.15) is 0 Å². The van der Waals surface area contributed by atoms with Crippen molar-refractivity contribution in [2.45, 2.75) is 0 Å². The number of nitro groups is 1. The minimum absolute atomic E-state index is 0.114. The van der Waals surface area contributed by atoms with E-state index in [1.165, 1.54) is 41.1 Å². The van der Waals surface area contributed by atoms with Crippen molar-refractivity contribution in [2.75, 3.05) is 26.7 Å². The molecule has 1 aromatic carbocycles. The van der Waals surface area contributed by atoms with Gasteiger partial charge in [-0.2, -0.15) is 0 Å². The molecule has 0 aliphatic carbocycles. The van der Waals surface area contributed by atoms with Crippen LogP contribution in [-0.4, -0.2) is 59.0 Å². The van der Waals surface area contributed by atoms with E-state index in [9.17, 15) is 24.5 Å². The maximum atomic E-state index is 12.0. The first-order valence-electron chi connectivity index (χ1n) is 6.22. The van der Waals surface area contributed by atoms with Crippen LogP contribution in [0.5, 0.6) is 0 Å². The molecule has 8 heteroatoms. The molecule has 2 rings (SSSR count). The summed E-state index contributed by atoms with van der Waals surface area (Å²) in [7, 11) is 1.52. The summed E-state index contributed by atoms with van der Waals surface area (Å²) in [6.07, 6.45) is 0. The van der Waals surface area contributed by atoms with Crippen molar-refractivity contribution in [1.29, 1.82) is 0 Å². The molecule has 1 heterocycles. The van der Waals surface area contributed by atoms with E-state index in [1.54, 1.807) is 0 Å². The molecule has 0 radical (unpaired) electrons. The zero-order valence-corrected chi connectivity index (χ0v) is 11.3. The fraction of sp³-hybridized carbons (Fsp3) is 0.308. The van der Waals surface area contributed by atoms with Crippen molar-refractivity contribution in [2.24, 2.45) is 0 Å². The van der Waals surface area contributed by atoms with Crippen molar-refractivity contribution < 1.29 is 19.3 Å². The van der Waals surface area contributed by atoms with Crippen LogP contribution in [0.4, 0.5) is 5.69 Å². The molecule has 0 saturated carbocycles. The number of ketones is 1. The highest BCUT2D eigenvalue weighted by molar-refractivity contribution is 6.35. The molecular weight excluding hydrogens is 278 g/mol. The summed E-state index contributed by atoms with van der Waals surface area (Å²) >= 11 is 0. The third-order valence-electron chi connectivity index (χ3n) is 3.26. The lowest BCUT2D eigenvalue weighted by molar-refractivity contribution is -0.384. The Labute approximate surface area is 120 Å². The number of carbonyl (C=O) groups excluding carboxylic acids is 3. The Morgan fingerprint density at radius 3 is 2.38 bits per heavy atom. The number of nitrogens with zero attached hydrogens (tertiary/aromatic N) is 3. The fourth-order valence-electron chi connectivity index (χ4n) is 1.96. The van der Waals surface area contributed by atoms with Gasteiger partial charge in [0, 0.05) is 37.8 Å². The summed E-state index contributed by atoms with van der Waals surface area (Å²) < 4.78 is 0. The number of hydrogen-bond acceptors (Lipinski definition) is 5. The third-order valence-corrected chi connectivity index (χ3v) is 3.26. The zero-order valence-electron chi connectivity index (χ0n) is 11.3. The van der Waals surface area contributed by atoms with Crippen LogP contribution in [0.3, 0.4) is 0 Å². The maximum absolute atomic E-state index is 12.0. The van der Waals surface area contributed by atoms with Gasteiger partial charge in [-0.3, -0.25) is 24.5 Å². The highest BCUT2D eigenvalue weighted by atomic mass is 16.6. The van der Waals surface area contributed by atoms with Gasteiger partial charge in [-0.25, -0.2) is 0 Å². The number of non-ortho nitro benzene ring substituents is 1. The number of likely N-dealkylation sites (N-methyl/N-ethyl adjacent to an activating group) is 1. The average molecular weight is 291 g/mol. The van der Waals surface area contributed by atoms with Gasteiger partial charge in [0.15, 0.2) is 5.78 Å². The molecule has 1 fully saturated rings. The Morgan fingerprint density at radius 1 is 1.19 bits per heavy atom. The molecule has 0 N–H and O–H groups in total. The van der Waals surface area contributed by atoms with E-state index in [-0.39, 0.29) is 23.6 Å². The van der Waals surface area contributed by atoms with Crippen LogP contribution in [0.2, 0.25) is 0 Å². The molecule has 110 valence electrons. The van der Waals surface area contributed by atoms with E-state index in [2.05, 4.69) is 0 Å². The number of nitro benzene ring substituents is 1. The molecule has 0 bridgehead atoms. The maximum Gasteiger partial charge on any atom is 0.312 e. The lowest BCUT2D eigenvalue weighted by atomic mass is 10.1. The number of rotatable bonds is 4. The summed E-state index contributed by atoms with van der Waals surface area (Å²) in [5, 5.41) is 10.5. The molecule has 0 unspecified atom stereocenters. The first-order chi connectivity index (χ1) is 9.90. The number of hydrogen-bond donors (Lipinski definition) is 0. The van der Waals surface area contributed by atoms with Crippen molar-refractivity contribution in [3.8, 4) is 0 Å². The summed E-state index contributed by atoms with van der Waals surface area (Å²) in [6, 6.07) is 5.13. The smallest absolute Gasteiger partial charge is 0.312 e. The van der Waals surface area contributed by atoms with E-state index in [4.69, 9.17) is 0 Å². The molecule has 2 amide bonds. The number of carbonyl (C=O) groups is 3. The first-order valence-corrected chi connectivity index (χ1v) is 6.22. The topological polar surface area (TPSA) is 101 Å². The van der Waals surface area contributed by atoms with Crippen molar-refractivity contribution in [3.63, 3.8) is 0 Å². The summed E-state index contributed by atoms with van der Waals surface area (Å²) in [5.74, 6) is -1.72. The fourth-order valence-corrected chi connectivity index (χ4v) is 1.96. The molecule has 8 nitrogen and oxygen atoms in total. The van der Waals surface area contributed by atoms with Crippen LogP contribution >= 0.6 is 0 Å². The van der Waals surface area contributed by atoms with Crippen molar-refractivity contribution in [3.05, 3.63) is 39.9 Å². The highest BCUT2D eigenvalue weighted by Crippen LogP contribution is 2.13. The minimum Gasteiger partial charge on any atom is -0.336 e.